The van der Waals surface area contributed by atoms with Gasteiger partial charge in [0.15, 0.2) is 5.82 Å². The third kappa shape index (κ3) is 3.44. The number of hydrogen-bond acceptors (Lipinski definition) is 5. The van der Waals surface area contributed by atoms with Crippen LogP contribution < -0.4 is 0 Å². The number of thiophene rings is 1. The lowest BCUT2D eigenvalue weighted by Gasteiger charge is -2.10. The van der Waals surface area contributed by atoms with Crippen LogP contribution in [0.2, 0.25) is 0 Å². The number of aromatic nitrogens is 3. The fourth-order valence-corrected chi connectivity index (χ4v) is 5.39. The summed E-state index contributed by atoms with van der Waals surface area (Å²) >= 11 is 8.31. The average Bonchev–Trinajstić information content (AvgIpc) is 2.80. The van der Waals surface area contributed by atoms with Crippen LogP contribution in [0.25, 0.3) is 11.4 Å². The number of rotatable bonds is 4. The summed E-state index contributed by atoms with van der Waals surface area (Å²) < 4.78 is 26.5. The van der Waals surface area contributed by atoms with E-state index in [4.69, 9.17) is 10.7 Å². The standard InChI is InChI=1S/C10H10Br2ClN3O2S2/c1-5(2)4-16-9(6-3-7(11)19-8(6)12)14-15-10(16)20(13,17)18/h3,5H,4H2,1-2H3. The van der Waals surface area contributed by atoms with Crippen LogP contribution in [0.4, 0.5) is 0 Å². The monoisotopic (exact) mass is 461 g/mol. The molecule has 0 unspecified atom stereocenters. The molecule has 0 radical (unpaired) electrons. The van der Waals surface area contributed by atoms with Crippen LogP contribution in [0.15, 0.2) is 18.8 Å². The molecule has 20 heavy (non-hydrogen) atoms. The first kappa shape index (κ1) is 16.4. The first-order chi connectivity index (χ1) is 9.20. The Morgan fingerprint density at radius 1 is 1.40 bits per heavy atom. The average molecular weight is 464 g/mol. The van der Waals surface area contributed by atoms with Gasteiger partial charge in [-0.1, -0.05) is 13.8 Å². The summed E-state index contributed by atoms with van der Waals surface area (Å²) in [5.74, 6) is 0.703. The zero-order valence-corrected chi connectivity index (χ0v) is 16.0. The molecule has 5 nitrogen and oxygen atoms in total. The Bertz CT molecular complexity index is 740. The maximum atomic E-state index is 11.6. The number of nitrogens with zero attached hydrogens (tertiary/aromatic N) is 3. The molecule has 0 bridgehead atoms. The molecule has 0 saturated carbocycles. The first-order valence-corrected chi connectivity index (χ1v) is 10.2. The van der Waals surface area contributed by atoms with Crippen molar-refractivity contribution in [3.8, 4) is 11.4 Å². The molecule has 0 N–H and O–H groups in total. The molecule has 10 heteroatoms. The Kier molecular flexibility index (Phi) is 4.95. The van der Waals surface area contributed by atoms with Crippen molar-refractivity contribution < 1.29 is 8.42 Å². The molecule has 2 aromatic rings. The quantitative estimate of drug-likeness (QED) is 0.640. The van der Waals surface area contributed by atoms with Crippen LogP contribution in [-0.2, 0) is 15.6 Å². The Morgan fingerprint density at radius 3 is 2.50 bits per heavy atom. The van der Waals surface area contributed by atoms with Gasteiger partial charge in [-0.3, -0.25) is 4.57 Å². The fraction of sp³-hybridized carbons (Fsp3) is 0.400. The van der Waals surface area contributed by atoms with Crippen molar-refractivity contribution >= 4 is 62.9 Å². The first-order valence-electron chi connectivity index (χ1n) is 5.53. The van der Waals surface area contributed by atoms with Crippen molar-refractivity contribution in [2.24, 2.45) is 5.92 Å². The van der Waals surface area contributed by atoms with Crippen LogP contribution in [0, 0.1) is 5.92 Å². The van der Waals surface area contributed by atoms with Gasteiger partial charge in [-0.25, -0.2) is 8.42 Å². The summed E-state index contributed by atoms with van der Waals surface area (Å²) in [6.45, 7) is 4.42. The smallest absolute Gasteiger partial charge is 0.296 e. The van der Waals surface area contributed by atoms with Gasteiger partial charge in [0, 0.05) is 22.8 Å². The van der Waals surface area contributed by atoms with Gasteiger partial charge in [-0.15, -0.1) is 21.5 Å². The molecular formula is C10H10Br2ClN3O2S2. The van der Waals surface area contributed by atoms with Crippen molar-refractivity contribution in [3.05, 3.63) is 13.6 Å². The number of halogens is 3. The van der Waals surface area contributed by atoms with Crippen molar-refractivity contribution in [1.29, 1.82) is 0 Å². The van der Waals surface area contributed by atoms with E-state index in [1.807, 2.05) is 19.9 Å². The molecular weight excluding hydrogens is 454 g/mol. The van der Waals surface area contributed by atoms with Gasteiger partial charge < -0.3 is 0 Å². The van der Waals surface area contributed by atoms with E-state index in [1.54, 1.807) is 0 Å². The molecule has 0 aromatic carbocycles. The van der Waals surface area contributed by atoms with E-state index in [9.17, 15) is 8.42 Å². The second-order valence-electron chi connectivity index (χ2n) is 4.49. The van der Waals surface area contributed by atoms with Gasteiger partial charge >= 0.3 is 0 Å². The van der Waals surface area contributed by atoms with Crippen molar-refractivity contribution in [3.63, 3.8) is 0 Å². The van der Waals surface area contributed by atoms with E-state index in [-0.39, 0.29) is 11.1 Å². The van der Waals surface area contributed by atoms with Crippen LogP contribution in [-0.4, -0.2) is 23.2 Å². The molecule has 0 aliphatic carbocycles. The lowest BCUT2D eigenvalue weighted by molar-refractivity contribution is 0.488. The molecule has 0 spiro atoms. The Hall–Kier alpha value is 0.0400. The second kappa shape index (κ2) is 6.04. The molecule has 0 saturated heterocycles. The van der Waals surface area contributed by atoms with Crippen LogP contribution in [0.3, 0.4) is 0 Å². The summed E-state index contributed by atoms with van der Waals surface area (Å²) in [4.78, 5) is 0. The molecule has 2 heterocycles. The predicted molar refractivity (Wildman–Crippen MR) is 86.6 cm³/mol. The van der Waals surface area contributed by atoms with E-state index >= 15 is 0 Å². The zero-order valence-electron chi connectivity index (χ0n) is 10.5. The molecule has 0 atom stereocenters. The van der Waals surface area contributed by atoms with Gasteiger partial charge in [0.05, 0.1) is 7.57 Å². The molecule has 0 aliphatic heterocycles. The summed E-state index contributed by atoms with van der Waals surface area (Å²) in [6, 6.07) is 1.86. The van der Waals surface area contributed by atoms with E-state index in [2.05, 4.69) is 42.1 Å². The van der Waals surface area contributed by atoms with Crippen LogP contribution in [0.5, 0.6) is 0 Å². The minimum Gasteiger partial charge on any atom is -0.297 e. The fourth-order valence-electron chi connectivity index (χ4n) is 1.69. The van der Waals surface area contributed by atoms with Crippen molar-refractivity contribution in [1.82, 2.24) is 14.8 Å². The van der Waals surface area contributed by atoms with Gasteiger partial charge in [-0.2, -0.15) is 0 Å². The lowest BCUT2D eigenvalue weighted by Crippen LogP contribution is -2.11. The zero-order chi connectivity index (χ0) is 15.1. The van der Waals surface area contributed by atoms with Crippen molar-refractivity contribution in [2.45, 2.75) is 25.5 Å². The highest BCUT2D eigenvalue weighted by molar-refractivity contribution is 9.12. The predicted octanol–water partition coefficient (Wildman–Crippen LogP) is 4.12. The highest BCUT2D eigenvalue weighted by Crippen LogP contribution is 2.38. The minimum atomic E-state index is -3.93. The molecule has 2 rings (SSSR count). The summed E-state index contributed by atoms with van der Waals surface area (Å²) in [7, 11) is 1.49. The highest BCUT2D eigenvalue weighted by Gasteiger charge is 2.25. The molecule has 0 aliphatic rings. The highest BCUT2D eigenvalue weighted by atomic mass is 79.9. The third-order valence-corrected chi connectivity index (χ3v) is 5.87. The van der Waals surface area contributed by atoms with E-state index in [0.29, 0.717) is 12.4 Å². The summed E-state index contributed by atoms with van der Waals surface area (Å²) in [5, 5.41) is 7.49. The minimum absolute atomic E-state index is 0.225. The van der Waals surface area contributed by atoms with E-state index in [0.717, 1.165) is 13.1 Å². The number of hydrogen-bond donors (Lipinski definition) is 0. The maximum Gasteiger partial charge on any atom is 0.296 e. The SMILES string of the molecule is CC(C)Cn1c(-c2cc(Br)sc2Br)nnc1S(=O)(=O)Cl. The Labute approximate surface area is 142 Å². The topological polar surface area (TPSA) is 64.8 Å². The van der Waals surface area contributed by atoms with Gasteiger partial charge in [0.1, 0.15) is 0 Å². The maximum absolute atomic E-state index is 11.6. The summed E-state index contributed by atoms with van der Waals surface area (Å²) in [6.07, 6.45) is 0. The molecule has 110 valence electrons. The van der Waals surface area contributed by atoms with Gasteiger partial charge in [-0.05, 0) is 43.8 Å². The van der Waals surface area contributed by atoms with Crippen LogP contribution >= 0.6 is 53.9 Å². The van der Waals surface area contributed by atoms with E-state index < -0.39 is 9.05 Å². The van der Waals surface area contributed by atoms with Crippen molar-refractivity contribution in [2.75, 3.05) is 0 Å². The largest absolute Gasteiger partial charge is 0.297 e. The molecule has 2 aromatic heterocycles. The Morgan fingerprint density at radius 2 is 2.05 bits per heavy atom. The Balaban J connectivity index is 2.65. The van der Waals surface area contributed by atoms with Gasteiger partial charge in [0.25, 0.3) is 14.2 Å². The van der Waals surface area contributed by atoms with E-state index in [1.165, 1.54) is 15.9 Å². The lowest BCUT2D eigenvalue weighted by atomic mass is 10.2. The second-order valence-corrected chi connectivity index (χ2v) is 10.7. The normalized spacial score (nSPS) is 12.3. The molecule has 0 fully saturated rings. The van der Waals surface area contributed by atoms with Crippen LogP contribution in [0.1, 0.15) is 13.8 Å². The summed E-state index contributed by atoms with van der Waals surface area (Å²) in [5.41, 5.74) is 0.779. The third-order valence-electron chi connectivity index (χ3n) is 2.38. The molecule has 0 amide bonds. The van der Waals surface area contributed by atoms with Gasteiger partial charge in [0.2, 0.25) is 0 Å².